The molecule has 1 rings (SSSR count). The van der Waals surface area contributed by atoms with Crippen molar-refractivity contribution in [1.82, 2.24) is 0 Å². The zero-order valence-corrected chi connectivity index (χ0v) is 9.78. The third kappa shape index (κ3) is 2.89. The number of rotatable bonds is 4. The molecular formula is C12H17NO3. The molecule has 16 heavy (non-hydrogen) atoms. The first-order chi connectivity index (χ1) is 7.58. The van der Waals surface area contributed by atoms with Crippen molar-refractivity contribution in [2.24, 2.45) is 0 Å². The number of ether oxygens (including phenoxy) is 1. The van der Waals surface area contributed by atoms with Gasteiger partial charge in [-0.2, -0.15) is 0 Å². The molecule has 1 atom stereocenters. The highest BCUT2D eigenvalue weighted by molar-refractivity contribution is 5.79. The van der Waals surface area contributed by atoms with Gasteiger partial charge >= 0.3 is 5.97 Å². The Morgan fingerprint density at radius 2 is 2.25 bits per heavy atom. The predicted octanol–water partition coefficient (Wildman–Crippen LogP) is 2.06. The van der Waals surface area contributed by atoms with Crippen LogP contribution in [0.2, 0.25) is 0 Å². The number of carbonyl (C=O) groups excluding carboxylic acids is 1. The largest absolute Gasteiger partial charge is 0.508 e. The summed E-state index contributed by atoms with van der Waals surface area (Å²) >= 11 is 0. The number of phenols is 1. The van der Waals surface area contributed by atoms with Crippen molar-refractivity contribution >= 4 is 11.7 Å². The summed E-state index contributed by atoms with van der Waals surface area (Å²) in [6, 6.07) is 4.77. The molecule has 88 valence electrons. The van der Waals surface area contributed by atoms with E-state index in [1.165, 1.54) is 7.11 Å². The van der Waals surface area contributed by atoms with E-state index in [-0.39, 0.29) is 17.8 Å². The van der Waals surface area contributed by atoms with Crippen molar-refractivity contribution in [2.75, 3.05) is 12.4 Å². The molecule has 0 heterocycles. The van der Waals surface area contributed by atoms with Crippen molar-refractivity contribution < 1.29 is 14.6 Å². The van der Waals surface area contributed by atoms with Crippen LogP contribution in [0.25, 0.3) is 0 Å². The molecule has 4 nitrogen and oxygen atoms in total. The highest BCUT2D eigenvalue weighted by atomic mass is 16.5. The number of methoxy groups -OCH3 is 1. The molecule has 0 fully saturated rings. The molecule has 0 amide bonds. The van der Waals surface area contributed by atoms with Gasteiger partial charge in [0.2, 0.25) is 0 Å². The van der Waals surface area contributed by atoms with E-state index < -0.39 is 0 Å². The Labute approximate surface area is 95.2 Å². The second-order valence-electron chi connectivity index (χ2n) is 3.63. The molecule has 0 spiro atoms. The summed E-state index contributed by atoms with van der Waals surface area (Å²) in [6.45, 7) is 3.71. The standard InChI is InChI=1S/C12H17NO3/c1-4-10(12(15)16-3)13-9-5-6-11(14)8(2)7-9/h5-7,10,13-14H,4H2,1-3H3. The second kappa shape index (κ2) is 5.39. The number of esters is 1. The number of carbonyl (C=O) groups is 1. The molecule has 0 saturated carbocycles. The number of phenolic OH excluding ortho intramolecular Hbond substituents is 1. The van der Waals surface area contributed by atoms with E-state index in [4.69, 9.17) is 0 Å². The summed E-state index contributed by atoms with van der Waals surface area (Å²) in [5.74, 6) is -0.0371. The summed E-state index contributed by atoms with van der Waals surface area (Å²) in [4.78, 5) is 11.4. The molecule has 0 saturated heterocycles. The summed E-state index contributed by atoms with van der Waals surface area (Å²) < 4.78 is 4.68. The normalized spacial score (nSPS) is 11.9. The fraction of sp³-hybridized carbons (Fsp3) is 0.417. The van der Waals surface area contributed by atoms with Crippen molar-refractivity contribution in [3.05, 3.63) is 23.8 Å². The van der Waals surface area contributed by atoms with Gasteiger partial charge < -0.3 is 15.2 Å². The third-order valence-electron chi connectivity index (χ3n) is 2.43. The first-order valence-electron chi connectivity index (χ1n) is 5.22. The number of hydrogen-bond donors (Lipinski definition) is 2. The van der Waals surface area contributed by atoms with Crippen molar-refractivity contribution in [2.45, 2.75) is 26.3 Å². The number of aromatic hydroxyl groups is 1. The van der Waals surface area contributed by atoms with Gasteiger partial charge in [0.15, 0.2) is 0 Å². The first kappa shape index (κ1) is 12.4. The Morgan fingerprint density at radius 1 is 1.56 bits per heavy atom. The maximum absolute atomic E-state index is 11.4. The van der Waals surface area contributed by atoms with Crippen molar-refractivity contribution in [1.29, 1.82) is 0 Å². The van der Waals surface area contributed by atoms with Gasteiger partial charge in [0.05, 0.1) is 7.11 Å². The monoisotopic (exact) mass is 223 g/mol. The van der Waals surface area contributed by atoms with E-state index in [2.05, 4.69) is 10.1 Å². The average Bonchev–Trinajstić information content (AvgIpc) is 2.29. The fourth-order valence-electron chi connectivity index (χ4n) is 1.42. The number of benzene rings is 1. The van der Waals surface area contributed by atoms with Crippen LogP contribution in [0.3, 0.4) is 0 Å². The van der Waals surface area contributed by atoms with Crippen LogP contribution >= 0.6 is 0 Å². The smallest absolute Gasteiger partial charge is 0.328 e. The Morgan fingerprint density at radius 3 is 2.75 bits per heavy atom. The minimum absolute atomic E-state index is 0.247. The van der Waals surface area contributed by atoms with Gasteiger partial charge in [-0.1, -0.05) is 6.92 Å². The highest BCUT2D eigenvalue weighted by Crippen LogP contribution is 2.21. The summed E-state index contributed by atoms with van der Waals surface area (Å²) in [5.41, 5.74) is 1.57. The van der Waals surface area contributed by atoms with Gasteiger partial charge in [0, 0.05) is 5.69 Å². The third-order valence-corrected chi connectivity index (χ3v) is 2.43. The van der Waals surface area contributed by atoms with Crippen molar-refractivity contribution in [3.63, 3.8) is 0 Å². The van der Waals surface area contributed by atoms with Gasteiger partial charge in [0.25, 0.3) is 0 Å². The molecule has 1 aromatic carbocycles. The Bertz CT molecular complexity index is 377. The lowest BCUT2D eigenvalue weighted by atomic mass is 10.1. The van der Waals surface area contributed by atoms with Gasteiger partial charge in [-0.15, -0.1) is 0 Å². The van der Waals surface area contributed by atoms with Crippen LogP contribution in [0, 0.1) is 6.92 Å². The molecule has 2 N–H and O–H groups in total. The van der Waals surface area contributed by atoms with Crippen molar-refractivity contribution in [3.8, 4) is 5.75 Å². The maximum atomic E-state index is 11.4. The molecule has 0 aliphatic carbocycles. The van der Waals surface area contributed by atoms with E-state index >= 15 is 0 Å². The fourth-order valence-corrected chi connectivity index (χ4v) is 1.42. The van der Waals surface area contributed by atoms with Gasteiger partial charge in [-0.25, -0.2) is 4.79 Å². The number of aryl methyl sites for hydroxylation is 1. The lowest BCUT2D eigenvalue weighted by Crippen LogP contribution is -2.29. The number of nitrogens with one attached hydrogen (secondary N) is 1. The van der Waals surface area contributed by atoms with E-state index in [9.17, 15) is 9.90 Å². The SMILES string of the molecule is CCC(Nc1ccc(O)c(C)c1)C(=O)OC. The first-order valence-corrected chi connectivity index (χ1v) is 5.22. The molecule has 0 aromatic heterocycles. The van der Waals surface area contributed by atoms with Crippen LogP contribution in [-0.2, 0) is 9.53 Å². The topological polar surface area (TPSA) is 58.6 Å². The lowest BCUT2D eigenvalue weighted by Gasteiger charge is -2.16. The van der Waals surface area contributed by atoms with Gasteiger partial charge in [0.1, 0.15) is 11.8 Å². The molecule has 0 aliphatic heterocycles. The summed E-state index contributed by atoms with van der Waals surface area (Å²) in [5, 5.41) is 12.4. The van der Waals surface area contributed by atoms with Crippen LogP contribution in [0.1, 0.15) is 18.9 Å². The zero-order valence-electron chi connectivity index (χ0n) is 9.78. The van der Waals surface area contributed by atoms with E-state index in [0.29, 0.717) is 6.42 Å². The highest BCUT2D eigenvalue weighted by Gasteiger charge is 2.16. The van der Waals surface area contributed by atoms with E-state index in [0.717, 1.165) is 11.3 Å². The minimum atomic E-state index is -0.353. The van der Waals surface area contributed by atoms with E-state index in [1.54, 1.807) is 25.1 Å². The lowest BCUT2D eigenvalue weighted by molar-refractivity contribution is -0.141. The average molecular weight is 223 g/mol. The minimum Gasteiger partial charge on any atom is -0.508 e. The molecular weight excluding hydrogens is 206 g/mol. The molecule has 1 unspecified atom stereocenters. The quantitative estimate of drug-likeness (QED) is 0.606. The zero-order chi connectivity index (χ0) is 12.1. The molecule has 0 bridgehead atoms. The molecule has 1 aromatic rings. The van der Waals surface area contributed by atoms with Crippen LogP contribution in [0.5, 0.6) is 5.75 Å². The predicted molar refractivity (Wildman–Crippen MR) is 62.6 cm³/mol. The number of anilines is 1. The Balaban J connectivity index is 2.78. The van der Waals surface area contributed by atoms with E-state index in [1.807, 2.05) is 6.92 Å². The Kier molecular flexibility index (Phi) is 4.17. The van der Waals surface area contributed by atoms with Crippen LogP contribution in [-0.4, -0.2) is 24.2 Å². The molecule has 0 aliphatic rings. The number of hydrogen-bond acceptors (Lipinski definition) is 4. The molecule has 4 heteroatoms. The molecule has 0 radical (unpaired) electrons. The maximum Gasteiger partial charge on any atom is 0.328 e. The van der Waals surface area contributed by atoms with Crippen LogP contribution in [0.15, 0.2) is 18.2 Å². The summed E-state index contributed by atoms with van der Waals surface area (Å²) in [6.07, 6.45) is 0.645. The second-order valence-corrected chi connectivity index (χ2v) is 3.63. The summed E-state index contributed by atoms with van der Waals surface area (Å²) in [7, 11) is 1.37. The Hall–Kier alpha value is -1.71. The van der Waals surface area contributed by atoms with Gasteiger partial charge in [-0.05, 0) is 37.1 Å². The van der Waals surface area contributed by atoms with Gasteiger partial charge in [-0.3, -0.25) is 0 Å². The van der Waals surface area contributed by atoms with Crippen LogP contribution in [0.4, 0.5) is 5.69 Å². The van der Waals surface area contributed by atoms with Crippen LogP contribution < -0.4 is 5.32 Å².